The van der Waals surface area contributed by atoms with E-state index in [0.717, 1.165) is 5.56 Å². The van der Waals surface area contributed by atoms with Gasteiger partial charge in [0, 0.05) is 11.3 Å². The van der Waals surface area contributed by atoms with Gasteiger partial charge in [-0.05, 0) is 48.5 Å². The molecule has 0 fully saturated rings. The van der Waals surface area contributed by atoms with Crippen LogP contribution in [0.5, 0.6) is 5.75 Å². The molecule has 150 valence electrons. The van der Waals surface area contributed by atoms with Gasteiger partial charge in [0.1, 0.15) is 28.9 Å². The van der Waals surface area contributed by atoms with E-state index >= 15 is 0 Å². The molecule has 1 atom stereocenters. The molecule has 1 N–H and O–H groups in total. The van der Waals surface area contributed by atoms with Crippen LogP contribution in [0, 0.1) is 11.3 Å². The van der Waals surface area contributed by atoms with Crippen LogP contribution in [0.15, 0.2) is 75.7 Å². The molecule has 0 bridgehead atoms. The Labute approximate surface area is 183 Å². The van der Waals surface area contributed by atoms with Crippen molar-refractivity contribution in [3.8, 4) is 23.1 Å². The number of amides is 1. The summed E-state index contributed by atoms with van der Waals surface area (Å²) in [5, 5.41) is 13.0. The molecular formula is C22H16ClN3O3S. The Bertz CT molecular complexity index is 1180. The lowest BCUT2D eigenvalue weighted by Gasteiger charge is -2.36. The molecule has 0 saturated carbocycles. The second kappa shape index (κ2) is 8.19. The van der Waals surface area contributed by atoms with E-state index in [1.54, 1.807) is 42.3 Å². The summed E-state index contributed by atoms with van der Waals surface area (Å²) in [6, 6.07) is 20.0. The molecule has 0 saturated heterocycles. The number of hydrogen-bond donors (Lipinski definition) is 2. The van der Waals surface area contributed by atoms with E-state index in [-0.39, 0.29) is 10.6 Å². The Kier molecular flexibility index (Phi) is 5.44. The van der Waals surface area contributed by atoms with E-state index in [0.29, 0.717) is 28.0 Å². The molecule has 0 spiro atoms. The van der Waals surface area contributed by atoms with Crippen LogP contribution in [0.25, 0.3) is 11.3 Å². The summed E-state index contributed by atoms with van der Waals surface area (Å²) in [6.45, 7) is 0. The number of thiol groups is 1. The second-order valence-electron chi connectivity index (χ2n) is 6.44. The maximum Gasteiger partial charge on any atom is 0.266 e. The van der Waals surface area contributed by atoms with Gasteiger partial charge in [-0.2, -0.15) is 5.26 Å². The summed E-state index contributed by atoms with van der Waals surface area (Å²) in [6.07, 6.45) is -0.702. The normalized spacial score (nSPS) is 16.3. The second-order valence-corrected chi connectivity index (χ2v) is 7.27. The van der Waals surface area contributed by atoms with E-state index < -0.39 is 12.1 Å². The Balaban J connectivity index is 1.79. The molecule has 0 aliphatic carbocycles. The smallest absolute Gasteiger partial charge is 0.266 e. The molecule has 1 aliphatic heterocycles. The number of carbonyl (C=O) groups excluding carboxylic acids is 1. The van der Waals surface area contributed by atoms with Gasteiger partial charge in [0.25, 0.3) is 5.91 Å². The summed E-state index contributed by atoms with van der Waals surface area (Å²) in [4.78, 5) is 14.2. The zero-order chi connectivity index (χ0) is 21.3. The SMILES string of the molecule is COc1ccc(N2C(S)=C(C#N)C(=O)N[C@@H]2c2ccc(-c3ccccc3Cl)o2)cc1. The number of rotatable bonds is 4. The number of nitrogens with zero attached hydrogens (tertiary/aromatic N) is 2. The number of anilines is 1. The number of hydrogen-bond acceptors (Lipinski definition) is 6. The van der Waals surface area contributed by atoms with Gasteiger partial charge in [-0.15, -0.1) is 12.6 Å². The minimum absolute atomic E-state index is 0.0803. The van der Waals surface area contributed by atoms with Gasteiger partial charge in [-0.25, -0.2) is 0 Å². The first-order chi connectivity index (χ1) is 14.5. The van der Waals surface area contributed by atoms with Crippen molar-refractivity contribution in [1.82, 2.24) is 5.32 Å². The van der Waals surface area contributed by atoms with Gasteiger partial charge in [0.05, 0.1) is 17.2 Å². The molecule has 3 aromatic rings. The van der Waals surface area contributed by atoms with Crippen LogP contribution in [0.3, 0.4) is 0 Å². The van der Waals surface area contributed by atoms with Crippen molar-refractivity contribution in [1.29, 1.82) is 5.26 Å². The van der Waals surface area contributed by atoms with Crippen molar-refractivity contribution in [3.05, 3.63) is 82.0 Å². The first-order valence-corrected chi connectivity index (χ1v) is 9.78. The number of carbonyl (C=O) groups is 1. The van der Waals surface area contributed by atoms with E-state index in [1.165, 1.54) is 0 Å². The summed E-state index contributed by atoms with van der Waals surface area (Å²) in [5.41, 5.74) is 1.36. The van der Waals surface area contributed by atoms with Crippen LogP contribution in [0.4, 0.5) is 5.69 Å². The molecule has 30 heavy (non-hydrogen) atoms. The van der Waals surface area contributed by atoms with Crippen LogP contribution in [0.2, 0.25) is 5.02 Å². The Morgan fingerprint density at radius 1 is 1.17 bits per heavy atom. The largest absolute Gasteiger partial charge is 0.497 e. The molecule has 2 heterocycles. The van der Waals surface area contributed by atoms with E-state index in [9.17, 15) is 10.1 Å². The van der Waals surface area contributed by atoms with Crippen LogP contribution < -0.4 is 15.0 Å². The van der Waals surface area contributed by atoms with Crippen molar-refractivity contribution in [2.75, 3.05) is 12.0 Å². The van der Waals surface area contributed by atoms with Crippen LogP contribution >= 0.6 is 24.2 Å². The molecule has 0 radical (unpaired) electrons. The Hall–Kier alpha value is -3.34. The highest BCUT2D eigenvalue weighted by molar-refractivity contribution is 7.84. The fourth-order valence-electron chi connectivity index (χ4n) is 3.22. The van der Waals surface area contributed by atoms with Gasteiger partial charge < -0.3 is 19.4 Å². The highest BCUT2D eigenvalue weighted by Gasteiger charge is 2.35. The number of nitriles is 1. The average Bonchev–Trinajstić information content (AvgIpc) is 3.24. The first kappa shape index (κ1) is 20.0. The monoisotopic (exact) mass is 437 g/mol. The number of ether oxygens (including phenoxy) is 1. The quantitative estimate of drug-likeness (QED) is 0.567. The van der Waals surface area contributed by atoms with Gasteiger partial charge in [0.15, 0.2) is 6.17 Å². The van der Waals surface area contributed by atoms with Crippen molar-refractivity contribution in [2.24, 2.45) is 0 Å². The lowest BCUT2D eigenvalue weighted by Crippen LogP contribution is -2.45. The maximum absolute atomic E-state index is 12.5. The van der Waals surface area contributed by atoms with Crippen molar-refractivity contribution in [3.63, 3.8) is 0 Å². The van der Waals surface area contributed by atoms with E-state index in [1.807, 2.05) is 36.4 Å². The van der Waals surface area contributed by atoms with Gasteiger partial charge >= 0.3 is 0 Å². The van der Waals surface area contributed by atoms with Crippen LogP contribution in [-0.4, -0.2) is 13.0 Å². The Morgan fingerprint density at radius 2 is 1.90 bits per heavy atom. The number of benzene rings is 2. The number of nitrogens with one attached hydrogen (secondary N) is 1. The first-order valence-electron chi connectivity index (χ1n) is 8.95. The van der Waals surface area contributed by atoms with Crippen molar-refractivity contribution < 1.29 is 13.9 Å². The lowest BCUT2D eigenvalue weighted by molar-refractivity contribution is -0.118. The molecule has 1 amide bonds. The van der Waals surface area contributed by atoms with Crippen molar-refractivity contribution >= 4 is 35.8 Å². The van der Waals surface area contributed by atoms with Gasteiger partial charge in [-0.1, -0.05) is 23.7 Å². The average molecular weight is 438 g/mol. The summed E-state index contributed by atoms with van der Waals surface area (Å²) in [7, 11) is 1.58. The molecule has 6 nitrogen and oxygen atoms in total. The third-order valence-electron chi connectivity index (χ3n) is 4.70. The number of methoxy groups -OCH3 is 1. The molecule has 4 rings (SSSR count). The summed E-state index contributed by atoms with van der Waals surface area (Å²) >= 11 is 10.8. The maximum atomic E-state index is 12.5. The van der Waals surface area contributed by atoms with Crippen LogP contribution in [0.1, 0.15) is 11.9 Å². The van der Waals surface area contributed by atoms with Gasteiger partial charge in [-0.3, -0.25) is 4.79 Å². The zero-order valence-electron chi connectivity index (χ0n) is 15.8. The van der Waals surface area contributed by atoms with Crippen molar-refractivity contribution in [2.45, 2.75) is 6.17 Å². The highest BCUT2D eigenvalue weighted by atomic mass is 35.5. The number of halogens is 1. The van der Waals surface area contributed by atoms with Crippen LogP contribution in [-0.2, 0) is 4.79 Å². The third-order valence-corrected chi connectivity index (χ3v) is 5.47. The minimum atomic E-state index is -0.702. The molecule has 8 heteroatoms. The topological polar surface area (TPSA) is 78.5 Å². The molecular weight excluding hydrogens is 422 g/mol. The Morgan fingerprint density at radius 3 is 2.57 bits per heavy atom. The van der Waals surface area contributed by atoms with E-state index in [4.69, 9.17) is 20.8 Å². The van der Waals surface area contributed by atoms with E-state index in [2.05, 4.69) is 17.9 Å². The summed E-state index contributed by atoms with van der Waals surface area (Å²) in [5.74, 6) is 1.20. The standard InChI is InChI=1S/C22H16ClN3O3S/c1-28-14-8-6-13(7-9-14)26-20(25-21(27)16(12-24)22(26)30)19-11-10-18(29-19)15-4-2-3-5-17(15)23/h2-11,20,30H,1H3,(H,25,27)/t20-/m0/s1. The molecule has 2 aromatic carbocycles. The summed E-state index contributed by atoms with van der Waals surface area (Å²) < 4.78 is 11.3. The lowest BCUT2D eigenvalue weighted by atomic mass is 10.1. The third kappa shape index (κ3) is 3.52. The number of furan rings is 1. The molecule has 0 unspecified atom stereocenters. The fourth-order valence-corrected chi connectivity index (χ4v) is 3.84. The zero-order valence-corrected chi connectivity index (χ0v) is 17.4. The minimum Gasteiger partial charge on any atom is -0.497 e. The highest BCUT2D eigenvalue weighted by Crippen LogP contribution is 2.38. The molecule has 1 aliphatic rings. The predicted molar refractivity (Wildman–Crippen MR) is 117 cm³/mol. The van der Waals surface area contributed by atoms with Gasteiger partial charge in [0.2, 0.25) is 0 Å². The molecule has 1 aromatic heterocycles. The predicted octanol–water partition coefficient (Wildman–Crippen LogP) is 4.91. The fraction of sp³-hybridized carbons (Fsp3) is 0.0909.